The standard InChI is InChI=1S/C12H11FN2O/c13-9-5-3-4-8(11(9)14)12(16)10-6-1-2-7-15-10/h1-7,12,16H,14H2. The van der Waals surface area contributed by atoms with Gasteiger partial charge in [-0.3, -0.25) is 4.98 Å². The van der Waals surface area contributed by atoms with Gasteiger partial charge in [-0.1, -0.05) is 18.2 Å². The van der Waals surface area contributed by atoms with E-state index in [4.69, 9.17) is 5.73 Å². The molecule has 3 N–H and O–H groups in total. The van der Waals surface area contributed by atoms with Gasteiger partial charge in [0.25, 0.3) is 0 Å². The van der Waals surface area contributed by atoms with Crippen molar-refractivity contribution in [3.63, 3.8) is 0 Å². The van der Waals surface area contributed by atoms with E-state index in [-0.39, 0.29) is 5.69 Å². The average Bonchev–Trinajstić information content (AvgIpc) is 2.33. The number of pyridine rings is 1. The Morgan fingerprint density at radius 3 is 2.69 bits per heavy atom. The van der Waals surface area contributed by atoms with Crippen molar-refractivity contribution in [2.75, 3.05) is 5.73 Å². The second-order valence-corrected chi connectivity index (χ2v) is 3.40. The van der Waals surface area contributed by atoms with Crippen LogP contribution in [0.5, 0.6) is 0 Å². The molecular formula is C12H11FN2O. The maximum absolute atomic E-state index is 13.2. The number of hydrogen-bond donors (Lipinski definition) is 2. The van der Waals surface area contributed by atoms with Crippen LogP contribution in [0.25, 0.3) is 0 Å². The lowest BCUT2D eigenvalue weighted by Gasteiger charge is -2.12. The molecule has 82 valence electrons. The number of anilines is 1. The van der Waals surface area contributed by atoms with Crippen LogP contribution in [0.15, 0.2) is 42.6 Å². The number of nitrogens with zero attached hydrogens (tertiary/aromatic N) is 1. The minimum Gasteiger partial charge on any atom is -0.396 e. The summed E-state index contributed by atoms with van der Waals surface area (Å²) in [6.45, 7) is 0. The summed E-state index contributed by atoms with van der Waals surface area (Å²) in [5, 5.41) is 9.99. The first kappa shape index (κ1) is 10.6. The maximum Gasteiger partial charge on any atom is 0.146 e. The van der Waals surface area contributed by atoms with Crippen LogP contribution in [0.3, 0.4) is 0 Å². The zero-order valence-electron chi connectivity index (χ0n) is 8.47. The Hall–Kier alpha value is -1.94. The lowest BCUT2D eigenvalue weighted by molar-refractivity contribution is 0.215. The Balaban J connectivity index is 2.42. The molecule has 0 fully saturated rings. The van der Waals surface area contributed by atoms with Crippen LogP contribution in [0, 0.1) is 5.82 Å². The number of nitrogen functional groups attached to an aromatic ring is 1. The minimum atomic E-state index is -1.00. The van der Waals surface area contributed by atoms with Crippen molar-refractivity contribution in [3.8, 4) is 0 Å². The van der Waals surface area contributed by atoms with Crippen LogP contribution in [-0.4, -0.2) is 10.1 Å². The number of aliphatic hydroxyl groups excluding tert-OH is 1. The molecule has 0 bridgehead atoms. The molecule has 1 unspecified atom stereocenters. The average molecular weight is 218 g/mol. The SMILES string of the molecule is Nc1c(F)cccc1C(O)c1ccccn1. The molecule has 0 amide bonds. The molecule has 2 aromatic rings. The minimum absolute atomic E-state index is 0.0411. The molecule has 4 heteroatoms. The largest absolute Gasteiger partial charge is 0.396 e. The normalized spacial score (nSPS) is 12.4. The van der Waals surface area contributed by atoms with Crippen LogP contribution < -0.4 is 5.73 Å². The van der Waals surface area contributed by atoms with Gasteiger partial charge in [0.15, 0.2) is 0 Å². The number of aromatic nitrogens is 1. The van der Waals surface area contributed by atoms with Crippen molar-refractivity contribution < 1.29 is 9.50 Å². The van der Waals surface area contributed by atoms with Crippen LogP contribution in [0.1, 0.15) is 17.4 Å². The summed E-state index contributed by atoms with van der Waals surface area (Å²) in [5.74, 6) is -0.535. The highest BCUT2D eigenvalue weighted by Crippen LogP contribution is 2.26. The molecule has 0 radical (unpaired) electrons. The molecule has 2 rings (SSSR count). The molecule has 0 aliphatic rings. The molecule has 1 atom stereocenters. The summed E-state index contributed by atoms with van der Waals surface area (Å²) in [7, 11) is 0. The maximum atomic E-state index is 13.2. The van der Waals surface area contributed by atoms with E-state index in [0.717, 1.165) is 0 Å². The molecule has 1 heterocycles. The van der Waals surface area contributed by atoms with E-state index >= 15 is 0 Å². The van der Waals surface area contributed by atoms with E-state index in [2.05, 4.69) is 4.98 Å². The number of para-hydroxylation sites is 1. The van der Waals surface area contributed by atoms with E-state index in [0.29, 0.717) is 11.3 Å². The van der Waals surface area contributed by atoms with Crippen molar-refractivity contribution in [2.24, 2.45) is 0 Å². The van der Waals surface area contributed by atoms with Gasteiger partial charge < -0.3 is 10.8 Å². The van der Waals surface area contributed by atoms with Gasteiger partial charge in [-0.15, -0.1) is 0 Å². The molecule has 1 aromatic carbocycles. The van der Waals surface area contributed by atoms with E-state index in [9.17, 15) is 9.50 Å². The lowest BCUT2D eigenvalue weighted by Crippen LogP contribution is -2.06. The van der Waals surface area contributed by atoms with E-state index < -0.39 is 11.9 Å². The fourth-order valence-corrected chi connectivity index (χ4v) is 1.49. The zero-order valence-corrected chi connectivity index (χ0v) is 8.47. The predicted molar refractivity (Wildman–Crippen MR) is 59.1 cm³/mol. The van der Waals surface area contributed by atoms with Gasteiger partial charge in [0.05, 0.1) is 11.4 Å². The summed E-state index contributed by atoms with van der Waals surface area (Å²) < 4.78 is 13.2. The molecular weight excluding hydrogens is 207 g/mol. The molecule has 16 heavy (non-hydrogen) atoms. The third kappa shape index (κ3) is 1.87. The van der Waals surface area contributed by atoms with Gasteiger partial charge in [-0.25, -0.2) is 4.39 Å². The molecule has 1 aromatic heterocycles. The van der Waals surface area contributed by atoms with Crippen molar-refractivity contribution in [3.05, 3.63) is 59.7 Å². The quantitative estimate of drug-likeness (QED) is 0.757. The Morgan fingerprint density at radius 2 is 2.00 bits per heavy atom. The summed E-state index contributed by atoms with van der Waals surface area (Å²) >= 11 is 0. The highest BCUT2D eigenvalue weighted by molar-refractivity contribution is 5.50. The lowest BCUT2D eigenvalue weighted by atomic mass is 10.0. The predicted octanol–water partition coefficient (Wildman–Crippen LogP) is 1.88. The van der Waals surface area contributed by atoms with E-state index in [1.165, 1.54) is 12.1 Å². The van der Waals surface area contributed by atoms with Gasteiger partial charge in [0.1, 0.15) is 11.9 Å². The summed E-state index contributed by atoms with van der Waals surface area (Å²) in [6.07, 6.45) is 0.561. The first-order valence-electron chi connectivity index (χ1n) is 4.83. The number of aliphatic hydroxyl groups is 1. The Morgan fingerprint density at radius 1 is 1.19 bits per heavy atom. The monoisotopic (exact) mass is 218 g/mol. The molecule has 0 saturated heterocycles. The van der Waals surface area contributed by atoms with Crippen molar-refractivity contribution in [1.82, 2.24) is 4.98 Å². The summed E-state index contributed by atoms with van der Waals surface area (Å²) in [6, 6.07) is 9.50. The second kappa shape index (κ2) is 4.28. The molecule has 0 spiro atoms. The van der Waals surface area contributed by atoms with Crippen molar-refractivity contribution in [1.29, 1.82) is 0 Å². The second-order valence-electron chi connectivity index (χ2n) is 3.40. The van der Waals surface area contributed by atoms with Gasteiger partial charge >= 0.3 is 0 Å². The van der Waals surface area contributed by atoms with Crippen molar-refractivity contribution >= 4 is 5.69 Å². The fraction of sp³-hybridized carbons (Fsp3) is 0.0833. The molecule has 0 aliphatic carbocycles. The van der Waals surface area contributed by atoms with Crippen LogP contribution >= 0.6 is 0 Å². The van der Waals surface area contributed by atoms with Gasteiger partial charge in [0, 0.05) is 11.8 Å². The Bertz CT molecular complexity index is 488. The number of halogens is 1. The van der Waals surface area contributed by atoms with Crippen LogP contribution in [0.2, 0.25) is 0 Å². The fourth-order valence-electron chi connectivity index (χ4n) is 1.49. The van der Waals surface area contributed by atoms with E-state index in [1.807, 2.05) is 0 Å². The molecule has 0 aliphatic heterocycles. The highest BCUT2D eigenvalue weighted by Gasteiger charge is 2.16. The van der Waals surface area contributed by atoms with Gasteiger partial charge in [-0.05, 0) is 18.2 Å². The topological polar surface area (TPSA) is 59.1 Å². The Kier molecular flexibility index (Phi) is 2.83. The third-order valence-corrected chi connectivity index (χ3v) is 2.35. The summed E-state index contributed by atoms with van der Waals surface area (Å²) in [5.41, 5.74) is 6.29. The molecule has 3 nitrogen and oxygen atoms in total. The third-order valence-electron chi connectivity index (χ3n) is 2.35. The number of rotatable bonds is 2. The van der Waals surface area contributed by atoms with Crippen LogP contribution in [-0.2, 0) is 0 Å². The first-order valence-corrected chi connectivity index (χ1v) is 4.83. The number of hydrogen-bond acceptors (Lipinski definition) is 3. The number of nitrogens with two attached hydrogens (primary N) is 1. The zero-order chi connectivity index (χ0) is 11.5. The van der Waals surface area contributed by atoms with Crippen LogP contribution in [0.4, 0.5) is 10.1 Å². The first-order chi connectivity index (χ1) is 7.70. The van der Waals surface area contributed by atoms with Crippen molar-refractivity contribution in [2.45, 2.75) is 6.10 Å². The van der Waals surface area contributed by atoms with E-state index in [1.54, 1.807) is 30.5 Å². The Labute approximate surface area is 92.4 Å². The molecule has 0 saturated carbocycles. The highest BCUT2D eigenvalue weighted by atomic mass is 19.1. The van der Waals surface area contributed by atoms with Gasteiger partial charge in [-0.2, -0.15) is 0 Å². The van der Waals surface area contributed by atoms with Gasteiger partial charge in [0.2, 0.25) is 0 Å². The summed E-state index contributed by atoms with van der Waals surface area (Å²) in [4.78, 5) is 4.00. The smallest absolute Gasteiger partial charge is 0.146 e. The number of benzene rings is 1.